The maximum Gasteiger partial charge on any atom is 0.328 e. The molecule has 1 atom stereocenters. The van der Waals surface area contributed by atoms with Gasteiger partial charge in [-0.1, -0.05) is 17.7 Å². The van der Waals surface area contributed by atoms with Crippen LogP contribution in [-0.4, -0.2) is 30.0 Å². The van der Waals surface area contributed by atoms with E-state index in [2.05, 4.69) is 10.1 Å². The van der Waals surface area contributed by atoms with E-state index in [-0.39, 0.29) is 17.7 Å². The van der Waals surface area contributed by atoms with Gasteiger partial charge in [0.2, 0.25) is 0 Å². The highest BCUT2D eigenvalue weighted by Gasteiger charge is 2.21. The van der Waals surface area contributed by atoms with Crippen LogP contribution in [0.15, 0.2) is 35.9 Å². The number of nitro groups is 1. The van der Waals surface area contributed by atoms with Gasteiger partial charge in [-0.25, -0.2) is 4.79 Å². The lowest BCUT2D eigenvalue weighted by atomic mass is 10.1. The van der Waals surface area contributed by atoms with Crippen molar-refractivity contribution in [2.75, 3.05) is 7.11 Å². The number of nitrogens with one attached hydrogen (secondary N) is 1. The summed E-state index contributed by atoms with van der Waals surface area (Å²) < 4.78 is 4.65. The molecule has 1 N–H and O–H groups in total. The van der Waals surface area contributed by atoms with Crippen LogP contribution in [0.25, 0.3) is 0 Å². The maximum atomic E-state index is 12.1. The quantitative estimate of drug-likeness (QED) is 0.376. The molecule has 0 aromatic heterocycles. The van der Waals surface area contributed by atoms with Crippen molar-refractivity contribution in [2.24, 2.45) is 0 Å². The summed E-state index contributed by atoms with van der Waals surface area (Å²) in [6.07, 6.45) is 2.09. The zero-order valence-corrected chi connectivity index (χ0v) is 12.7. The fourth-order valence-electron chi connectivity index (χ4n) is 1.71. The minimum absolute atomic E-state index is 0.111. The van der Waals surface area contributed by atoms with Gasteiger partial charge in [-0.2, -0.15) is 0 Å². The second-order valence-electron chi connectivity index (χ2n) is 4.87. The fourth-order valence-corrected chi connectivity index (χ4v) is 1.71. The number of methoxy groups -OCH3 is 1. The number of non-ortho nitro benzene ring substituents is 1. The molecule has 0 aliphatic carbocycles. The van der Waals surface area contributed by atoms with Gasteiger partial charge in [0.1, 0.15) is 6.04 Å². The number of carbonyl (C=O) groups is 2. The van der Waals surface area contributed by atoms with Crippen LogP contribution >= 0.6 is 0 Å². The molecule has 7 nitrogen and oxygen atoms in total. The third-order valence-electron chi connectivity index (χ3n) is 2.87. The monoisotopic (exact) mass is 306 g/mol. The summed E-state index contributed by atoms with van der Waals surface area (Å²) >= 11 is 0. The third-order valence-corrected chi connectivity index (χ3v) is 2.87. The standard InChI is InChI=1S/C15H18N2O5/c1-10(2)7-8-13(15(19)22-3)16-14(18)11-5-4-6-12(9-11)17(20)21/h4-7,9,13H,8H2,1-3H3,(H,16,18)/t13-/m0/s1. The first-order valence-electron chi connectivity index (χ1n) is 6.61. The number of hydrogen-bond acceptors (Lipinski definition) is 5. The number of amides is 1. The lowest BCUT2D eigenvalue weighted by Gasteiger charge is -2.15. The van der Waals surface area contributed by atoms with Gasteiger partial charge in [-0.05, 0) is 26.3 Å². The Kier molecular flexibility index (Phi) is 6.25. The zero-order valence-electron chi connectivity index (χ0n) is 12.7. The average molecular weight is 306 g/mol. The van der Waals surface area contributed by atoms with Gasteiger partial charge in [0.25, 0.3) is 11.6 Å². The van der Waals surface area contributed by atoms with Crippen LogP contribution in [0, 0.1) is 10.1 Å². The van der Waals surface area contributed by atoms with Gasteiger partial charge in [0.05, 0.1) is 12.0 Å². The van der Waals surface area contributed by atoms with Crippen molar-refractivity contribution < 1.29 is 19.2 Å². The van der Waals surface area contributed by atoms with E-state index < -0.39 is 22.8 Å². The number of carbonyl (C=O) groups excluding carboxylic acids is 2. The van der Waals surface area contributed by atoms with E-state index in [9.17, 15) is 19.7 Å². The minimum atomic E-state index is -0.841. The van der Waals surface area contributed by atoms with Crippen molar-refractivity contribution in [2.45, 2.75) is 26.3 Å². The Bertz CT molecular complexity index is 606. The molecule has 0 aliphatic rings. The van der Waals surface area contributed by atoms with Crippen LogP contribution in [0.2, 0.25) is 0 Å². The summed E-state index contributed by atoms with van der Waals surface area (Å²) in [5.41, 5.74) is 0.922. The molecule has 0 spiro atoms. The van der Waals surface area contributed by atoms with Crippen LogP contribution in [0.1, 0.15) is 30.6 Å². The van der Waals surface area contributed by atoms with Crippen LogP contribution in [0.3, 0.4) is 0 Å². The first kappa shape index (κ1) is 17.4. The number of nitro benzene ring substituents is 1. The molecule has 1 amide bonds. The number of benzene rings is 1. The summed E-state index contributed by atoms with van der Waals surface area (Å²) in [5.74, 6) is -1.14. The number of nitrogens with zero attached hydrogens (tertiary/aromatic N) is 1. The van der Waals surface area contributed by atoms with Crippen LogP contribution < -0.4 is 5.32 Å². The highest BCUT2D eigenvalue weighted by Crippen LogP contribution is 2.13. The molecule has 0 fully saturated rings. The predicted molar refractivity (Wildman–Crippen MR) is 80.4 cm³/mol. The molecule has 0 aliphatic heterocycles. The van der Waals surface area contributed by atoms with Crippen molar-refractivity contribution >= 4 is 17.6 Å². The topological polar surface area (TPSA) is 98.5 Å². The first-order valence-corrected chi connectivity index (χ1v) is 6.61. The van der Waals surface area contributed by atoms with Crippen LogP contribution in [0.5, 0.6) is 0 Å². The molecule has 22 heavy (non-hydrogen) atoms. The fraction of sp³-hybridized carbons (Fsp3) is 0.333. The van der Waals surface area contributed by atoms with Crippen LogP contribution in [0.4, 0.5) is 5.69 Å². The van der Waals surface area contributed by atoms with Gasteiger partial charge >= 0.3 is 5.97 Å². The second kappa shape index (κ2) is 7.92. The Morgan fingerprint density at radius 2 is 2.09 bits per heavy atom. The zero-order chi connectivity index (χ0) is 16.7. The molecule has 0 bridgehead atoms. The highest BCUT2D eigenvalue weighted by molar-refractivity contribution is 5.97. The Hall–Kier alpha value is -2.70. The van der Waals surface area contributed by atoms with E-state index in [1.165, 1.54) is 25.3 Å². The maximum absolute atomic E-state index is 12.1. The molecule has 0 heterocycles. The molecular formula is C15H18N2O5. The molecular weight excluding hydrogens is 288 g/mol. The molecule has 7 heteroatoms. The summed E-state index contributed by atoms with van der Waals surface area (Å²) in [4.78, 5) is 34.0. The second-order valence-corrected chi connectivity index (χ2v) is 4.87. The highest BCUT2D eigenvalue weighted by atomic mass is 16.6. The van der Waals surface area contributed by atoms with Gasteiger partial charge in [-0.3, -0.25) is 14.9 Å². The average Bonchev–Trinajstić information content (AvgIpc) is 2.50. The summed E-state index contributed by atoms with van der Waals surface area (Å²) in [6, 6.07) is 4.46. The molecule has 1 aromatic rings. The largest absolute Gasteiger partial charge is 0.467 e. The summed E-state index contributed by atoms with van der Waals surface area (Å²) in [6.45, 7) is 3.74. The Balaban J connectivity index is 2.90. The Morgan fingerprint density at radius 3 is 2.64 bits per heavy atom. The summed E-state index contributed by atoms with van der Waals surface area (Å²) in [7, 11) is 1.23. The number of allylic oxidation sites excluding steroid dienone is 1. The lowest BCUT2D eigenvalue weighted by molar-refractivity contribution is -0.384. The molecule has 118 valence electrons. The van der Waals surface area contributed by atoms with E-state index >= 15 is 0 Å². The molecule has 1 rings (SSSR count). The van der Waals surface area contributed by atoms with Gasteiger partial charge in [-0.15, -0.1) is 0 Å². The van der Waals surface area contributed by atoms with E-state index in [1.54, 1.807) is 6.08 Å². The SMILES string of the molecule is COC(=O)[C@H](CC=C(C)C)NC(=O)c1cccc([N+](=O)[O-])c1. The van der Waals surface area contributed by atoms with Crippen molar-refractivity contribution in [3.8, 4) is 0 Å². The molecule has 0 saturated heterocycles. The van der Waals surface area contributed by atoms with Crippen LogP contribution in [-0.2, 0) is 9.53 Å². The molecule has 0 radical (unpaired) electrons. The van der Waals surface area contributed by atoms with Crippen molar-refractivity contribution in [1.29, 1.82) is 0 Å². The normalized spacial score (nSPS) is 11.2. The third kappa shape index (κ3) is 5.01. The van der Waals surface area contributed by atoms with Gasteiger partial charge in [0, 0.05) is 17.7 Å². The van der Waals surface area contributed by atoms with Gasteiger partial charge < -0.3 is 10.1 Å². The molecule has 0 unspecified atom stereocenters. The van der Waals surface area contributed by atoms with Gasteiger partial charge in [0.15, 0.2) is 0 Å². The Labute approximate surface area is 128 Å². The molecule has 0 saturated carbocycles. The number of hydrogen-bond donors (Lipinski definition) is 1. The van der Waals surface area contributed by atoms with Crippen molar-refractivity contribution in [3.05, 3.63) is 51.6 Å². The lowest BCUT2D eigenvalue weighted by Crippen LogP contribution is -2.41. The first-order chi connectivity index (χ1) is 10.3. The number of rotatable bonds is 6. The Morgan fingerprint density at radius 1 is 1.41 bits per heavy atom. The van der Waals surface area contributed by atoms with Crippen molar-refractivity contribution in [1.82, 2.24) is 5.32 Å². The summed E-state index contributed by atoms with van der Waals surface area (Å²) in [5, 5.41) is 13.2. The van der Waals surface area contributed by atoms with E-state index in [4.69, 9.17) is 0 Å². The van der Waals surface area contributed by atoms with E-state index in [0.717, 1.165) is 11.6 Å². The smallest absolute Gasteiger partial charge is 0.328 e. The van der Waals surface area contributed by atoms with E-state index in [1.807, 2.05) is 13.8 Å². The van der Waals surface area contributed by atoms with E-state index in [0.29, 0.717) is 0 Å². The number of ether oxygens (including phenoxy) is 1. The number of esters is 1. The van der Waals surface area contributed by atoms with Crippen molar-refractivity contribution in [3.63, 3.8) is 0 Å². The molecule has 1 aromatic carbocycles. The predicted octanol–water partition coefficient (Wildman–Crippen LogP) is 2.22. The minimum Gasteiger partial charge on any atom is -0.467 e.